The summed E-state index contributed by atoms with van der Waals surface area (Å²) in [6, 6.07) is 5.70. The van der Waals surface area contributed by atoms with Crippen LogP contribution in [-0.2, 0) is 6.42 Å². The number of hydrogen-bond donors (Lipinski definition) is 1. The highest BCUT2D eigenvalue weighted by Crippen LogP contribution is 2.33. The van der Waals surface area contributed by atoms with E-state index in [0.29, 0.717) is 11.3 Å². The van der Waals surface area contributed by atoms with Crippen LogP contribution in [0.2, 0.25) is 0 Å². The van der Waals surface area contributed by atoms with Crippen molar-refractivity contribution in [1.82, 2.24) is 5.32 Å². The van der Waals surface area contributed by atoms with Gasteiger partial charge in [0.2, 0.25) is 0 Å². The molecule has 2 aliphatic rings. The van der Waals surface area contributed by atoms with Crippen molar-refractivity contribution in [3.63, 3.8) is 0 Å². The molecule has 4 heteroatoms. The maximum absolute atomic E-state index is 13.4. The number of anilines is 1. The van der Waals surface area contributed by atoms with Gasteiger partial charge in [0, 0.05) is 30.6 Å². The molecular formula is C13H17FN2S. The van der Waals surface area contributed by atoms with Gasteiger partial charge in [-0.2, -0.15) is 11.8 Å². The summed E-state index contributed by atoms with van der Waals surface area (Å²) in [4.78, 5) is 2.39. The highest BCUT2D eigenvalue weighted by atomic mass is 32.2. The second-order valence-corrected chi connectivity index (χ2v) is 5.79. The van der Waals surface area contributed by atoms with Crippen molar-refractivity contribution in [2.45, 2.75) is 17.7 Å². The molecule has 2 nitrogen and oxygen atoms in total. The van der Waals surface area contributed by atoms with Crippen LogP contribution in [0.15, 0.2) is 18.2 Å². The van der Waals surface area contributed by atoms with Crippen LogP contribution in [0.1, 0.15) is 5.56 Å². The lowest BCUT2D eigenvalue weighted by molar-refractivity contribution is 0.623. The van der Waals surface area contributed by atoms with Crippen LogP contribution < -0.4 is 10.2 Å². The minimum Gasteiger partial charge on any atom is -0.365 e. The van der Waals surface area contributed by atoms with Crippen molar-refractivity contribution in [1.29, 1.82) is 0 Å². The summed E-state index contributed by atoms with van der Waals surface area (Å²) in [6.45, 7) is 3.11. The lowest BCUT2D eigenvalue weighted by Crippen LogP contribution is -2.41. The number of fused-ring (bicyclic) bond motifs is 1. The number of thioether (sulfide) groups is 1. The fourth-order valence-electron chi connectivity index (χ4n) is 2.91. The first-order valence-corrected chi connectivity index (χ1v) is 7.37. The maximum Gasteiger partial charge on any atom is 0.125 e. The summed E-state index contributed by atoms with van der Waals surface area (Å²) in [5, 5.41) is 4.05. The normalized spacial score (nSPS) is 27.5. The smallest absolute Gasteiger partial charge is 0.125 e. The van der Waals surface area contributed by atoms with Gasteiger partial charge in [0.25, 0.3) is 0 Å². The molecule has 1 aromatic rings. The van der Waals surface area contributed by atoms with E-state index in [1.54, 1.807) is 12.1 Å². The molecule has 0 radical (unpaired) electrons. The van der Waals surface area contributed by atoms with Crippen LogP contribution in [0.4, 0.5) is 10.1 Å². The molecule has 0 aromatic heterocycles. The van der Waals surface area contributed by atoms with E-state index in [9.17, 15) is 4.39 Å². The number of benzene rings is 1. The predicted octanol–water partition coefficient (Wildman–Crippen LogP) is 1.89. The van der Waals surface area contributed by atoms with E-state index >= 15 is 0 Å². The molecule has 1 N–H and O–H groups in total. The number of rotatable bonds is 2. The first-order chi connectivity index (χ1) is 8.29. The van der Waals surface area contributed by atoms with Crippen molar-refractivity contribution in [2.24, 2.45) is 0 Å². The Bertz CT molecular complexity index is 424. The van der Waals surface area contributed by atoms with Crippen LogP contribution in [0, 0.1) is 5.82 Å². The third-order valence-electron chi connectivity index (χ3n) is 3.81. The van der Waals surface area contributed by atoms with Crippen molar-refractivity contribution < 1.29 is 4.39 Å². The minimum absolute atomic E-state index is 0.123. The van der Waals surface area contributed by atoms with E-state index < -0.39 is 0 Å². The van der Waals surface area contributed by atoms with Crippen molar-refractivity contribution in [3.05, 3.63) is 29.6 Å². The van der Waals surface area contributed by atoms with E-state index in [4.69, 9.17) is 0 Å². The van der Waals surface area contributed by atoms with Crippen LogP contribution in [-0.4, -0.2) is 37.2 Å². The second-order valence-electron chi connectivity index (χ2n) is 4.72. The zero-order chi connectivity index (χ0) is 11.8. The topological polar surface area (TPSA) is 15.3 Å². The van der Waals surface area contributed by atoms with E-state index in [2.05, 4.69) is 16.5 Å². The Morgan fingerprint density at radius 2 is 2.29 bits per heavy atom. The number of hydrogen-bond acceptors (Lipinski definition) is 3. The molecule has 92 valence electrons. The van der Waals surface area contributed by atoms with Crippen molar-refractivity contribution >= 4 is 17.4 Å². The van der Waals surface area contributed by atoms with Gasteiger partial charge in [-0.25, -0.2) is 4.39 Å². The Morgan fingerprint density at radius 1 is 1.41 bits per heavy atom. The molecule has 0 bridgehead atoms. The Hall–Kier alpha value is -0.740. The molecule has 2 heterocycles. The highest BCUT2D eigenvalue weighted by molar-refractivity contribution is 7.99. The van der Waals surface area contributed by atoms with Gasteiger partial charge >= 0.3 is 0 Å². The summed E-state index contributed by atoms with van der Waals surface area (Å²) in [5.74, 6) is -0.123. The van der Waals surface area contributed by atoms with Gasteiger partial charge in [-0.3, -0.25) is 0 Å². The SMILES string of the molecule is CSC1CNCC1N1CCc2ccc(F)cc21. The third-order valence-corrected chi connectivity index (χ3v) is 4.90. The van der Waals surface area contributed by atoms with Crippen LogP contribution in [0.3, 0.4) is 0 Å². The molecule has 2 aliphatic heterocycles. The second kappa shape index (κ2) is 4.50. The van der Waals surface area contributed by atoms with Crippen LogP contribution in [0.25, 0.3) is 0 Å². The Morgan fingerprint density at radius 3 is 3.12 bits per heavy atom. The summed E-state index contributed by atoms with van der Waals surface area (Å²) in [5.41, 5.74) is 2.40. The average Bonchev–Trinajstić information content (AvgIpc) is 2.93. The first-order valence-electron chi connectivity index (χ1n) is 6.08. The van der Waals surface area contributed by atoms with Crippen LogP contribution in [0.5, 0.6) is 0 Å². The maximum atomic E-state index is 13.4. The van der Waals surface area contributed by atoms with Gasteiger partial charge in [-0.15, -0.1) is 0 Å². The average molecular weight is 252 g/mol. The fourth-order valence-corrected chi connectivity index (χ4v) is 3.76. The summed E-state index contributed by atoms with van der Waals surface area (Å²) in [6.07, 6.45) is 3.21. The Labute approximate surface area is 106 Å². The third kappa shape index (κ3) is 1.93. The van der Waals surface area contributed by atoms with E-state index in [1.165, 1.54) is 5.56 Å². The van der Waals surface area contributed by atoms with E-state index in [-0.39, 0.29) is 5.82 Å². The summed E-state index contributed by atoms with van der Waals surface area (Å²) < 4.78 is 13.4. The molecule has 2 atom stereocenters. The van der Waals surface area contributed by atoms with Gasteiger partial charge in [-0.05, 0) is 30.4 Å². The molecule has 0 amide bonds. The van der Waals surface area contributed by atoms with Gasteiger partial charge in [0.15, 0.2) is 0 Å². The first kappa shape index (κ1) is 11.4. The molecule has 17 heavy (non-hydrogen) atoms. The molecule has 3 rings (SSSR count). The van der Waals surface area contributed by atoms with Crippen molar-refractivity contribution in [2.75, 3.05) is 30.8 Å². The molecule has 0 aliphatic carbocycles. The molecule has 0 spiro atoms. The number of nitrogens with one attached hydrogen (secondary N) is 1. The molecule has 1 aromatic carbocycles. The zero-order valence-electron chi connectivity index (χ0n) is 9.95. The standard InChI is InChI=1S/C13H17FN2S/c1-17-13-8-15-7-12(13)16-5-4-9-2-3-10(14)6-11(9)16/h2-3,6,12-13,15H,4-5,7-8H2,1H3. The van der Waals surface area contributed by atoms with Gasteiger partial charge in [0.1, 0.15) is 5.82 Å². The number of nitrogens with zero attached hydrogens (tertiary/aromatic N) is 1. The fraction of sp³-hybridized carbons (Fsp3) is 0.538. The summed E-state index contributed by atoms with van der Waals surface area (Å²) >= 11 is 1.91. The molecular weight excluding hydrogens is 235 g/mol. The molecule has 0 saturated carbocycles. The van der Waals surface area contributed by atoms with Crippen molar-refractivity contribution in [3.8, 4) is 0 Å². The van der Waals surface area contributed by atoms with Gasteiger partial charge in [-0.1, -0.05) is 6.07 Å². The monoisotopic (exact) mass is 252 g/mol. The largest absolute Gasteiger partial charge is 0.365 e. The van der Waals surface area contributed by atoms with Gasteiger partial charge in [0.05, 0.1) is 6.04 Å². The zero-order valence-corrected chi connectivity index (χ0v) is 10.8. The lowest BCUT2D eigenvalue weighted by atomic mass is 10.1. The summed E-state index contributed by atoms with van der Waals surface area (Å²) in [7, 11) is 0. The predicted molar refractivity (Wildman–Crippen MR) is 71.4 cm³/mol. The minimum atomic E-state index is -0.123. The Balaban J connectivity index is 1.90. The van der Waals surface area contributed by atoms with Crippen LogP contribution >= 0.6 is 11.8 Å². The van der Waals surface area contributed by atoms with E-state index in [1.807, 2.05) is 17.8 Å². The number of halogens is 1. The molecule has 1 saturated heterocycles. The molecule has 1 fully saturated rings. The lowest BCUT2D eigenvalue weighted by Gasteiger charge is -2.30. The van der Waals surface area contributed by atoms with E-state index in [0.717, 1.165) is 31.7 Å². The van der Waals surface area contributed by atoms with Gasteiger partial charge < -0.3 is 10.2 Å². The quantitative estimate of drug-likeness (QED) is 0.865. The Kier molecular flexibility index (Phi) is 3.01. The highest BCUT2D eigenvalue weighted by Gasteiger charge is 2.34. The molecule has 2 unspecified atom stereocenters.